The zero-order chi connectivity index (χ0) is 18.7. The molecule has 0 N–H and O–H groups in total. The van der Waals surface area contributed by atoms with Crippen LogP contribution in [-0.2, 0) is 15.7 Å². The minimum Gasteiger partial charge on any atom is -0.462 e. The molecule has 2 fully saturated rings. The van der Waals surface area contributed by atoms with Crippen LogP contribution in [0.2, 0.25) is 5.02 Å². The molecule has 2 heterocycles. The predicted octanol–water partition coefficient (Wildman–Crippen LogP) is 4.85. The first kappa shape index (κ1) is 19.3. The van der Waals surface area contributed by atoms with Crippen molar-refractivity contribution in [2.24, 2.45) is 5.92 Å². The van der Waals surface area contributed by atoms with Gasteiger partial charge in [-0.15, -0.1) is 0 Å². The summed E-state index contributed by atoms with van der Waals surface area (Å²) in [5.74, 6) is 0.0168. The summed E-state index contributed by atoms with van der Waals surface area (Å²) >= 11 is 6.00. The minimum atomic E-state index is -4.47. The van der Waals surface area contributed by atoms with E-state index in [1.54, 1.807) is 0 Å². The molecule has 8 heteroatoms. The van der Waals surface area contributed by atoms with Crippen molar-refractivity contribution in [1.82, 2.24) is 4.98 Å². The third-order valence-electron chi connectivity index (χ3n) is 5.11. The van der Waals surface area contributed by atoms with Gasteiger partial charge in [0.2, 0.25) is 0 Å². The quantitative estimate of drug-likeness (QED) is 0.692. The van der Waals surface area contributed by atoms with Crippen LogP contribution in [0.1, 0.15) is 50.5 Å². The maximum Gasteiger partial charge on any atom is 0.417 e. The number of carbonyl (C=O) groups excluding carboxylic acids is 1. The predicted molar refractivity (Wildman–Crippen MR) is 92.2 cm³/mol. The molecule has 1 aliphatic carbocycles. The van der Waals surface area contributed by atoms with E-state index in [4.69, 9.17) is 16.3 Å². The number of anilines is 1. The normalized spacial score (nSPS) is 20.2. The maximum atomic E-state index is 12.7. The molecule has 2 aliphatic rings. The number of carbonyl (C=O) groups is 1. The SMILES string of the molecule is O=C(OC1CCCCC1)C1CCN(c2ncc(C(F)(F)F)cc2Cl)CC1. The Morgan fingerprint density at radius 3 is 2.38 bits per heavy atom. The number of nitrogens with zero attached hydrogens (tertiary/aromatic N) is 2. The first-order valence-electron chi connectivity index (χ1n) is 9.03. The smallest absolute Gasteiger partial charge is 0.417 e. The third-order valence-corrected chi connectivity index (χ3v) is 5.39. The number of pyridine rings is 1. The number of hydrogen-bond donors (Lipinski definition) is 0. The van der Waals surface area contributed by atoms with Crippen molar-refractivity contribution in [3.05, 3.63) is 22.8 Å². The zero-order valence-electron chi connectivity index (χ0n) is 14.4. The lowest BCUT2D eigenvalue weighted by Crippen LogP contribution is -2.38. The summed E-state index contributed by atoms with van der Waals surface area (Å²) in [6, 6.07) is 0.896. The molecule has 0 unspecified atom stereocenters. The molecule has 144 valence electrons. The fourth-order valence-corrected chi connectivity index (χ4v) is 3.87. The molecule has 0 bridgehead atoms. The third kappa shape index (κ3) is 4.61. The molecule has 26 heavy (non-hydrogen) atoms. The van der Waals surface area contributed by atoms with Crippen molar-refractivity contribution in [3.8, 4) is 0 Å². The molecule has 0 spiro atoms. The summed E-state index contributed by atoms with van der Waals surface area (Å²) in [5, 5.41) is -0.0249. The Kier molecular flexibility index (Phi) is 5.95. The lowest BCUT2D eigenvalue weighted by Gasteiger charge is -2.33. The van der Waals surface area contributed by atoms with Gasteiger partial charge in [-0.2, -0.15) is 13.2 Å². The van der Waals surface area contributed by atoms with E-state index >= 15 is 0 Å². The van der Waals surface area contributed by atoms with Gasteiger partial charge >= 0.3 is 12.1 Å². The molecule has 1 saturated carbocycles. The first-order chi connectivity index (χ1) is 12.3. The second kappa shape index (κ2) is 8.03. The van der Waals surface area contributed by atoms with E-state index < -0.39 is 11.7 Å². The highest BCUT2D eigenvalue weighted by Crippen LogP contribution is 2.35. The van der Waals surface area contributed by atoms with Gasteiger partial charge in [-0.25, -0.2) is 4.98 Å². The van der Waals surface area contributed by atoms with Crippen LogP contribution in [0, 0.1) is 5.92 Å². The molecule has 3 rings (SSSR count). The maximum absolute atomic E-state index is 12.7. The molecule has 0 amide bonds. The van der Waals surface area contributed by atoms with Crippen molar-refractivity contribution in [3.63, 3.8) is 0 Å². The second-order valence-corrected chi connectivity index (χ2v) is 7.39. The molecular formula is C18H22ClF3N2O2. The van der Waals surface area contributed by atoms with Gasteiger partial charge in [0.25, 0.3) is 0 Å². The van der Waals surface area contributed by atoms with E-state index in [9.17, 15) is 18.0 Å². The largest absolute Gasteiger partial charge is 0.462 e. The van der Waals surface area contributed by atoms with Gasteiger partial charge in [-0.1, -0.05) is 18.0 Å². The molecular weight excluding hydrogens is 369 g/mol. The molecule has 1 saturated heterocycles. The Morgan fingerprint density at radius 2 is 1.81 bits per heavy atom. The molecule has 4 nitrogen and oxygen atoms in total. The van der Waals surface area contributed by atoms with Crippen LogP contribution in [0.3, 0.4) is 0 Å². The van der Waals surface area contributed by atoms with Crippen LogP contribution in [-0.4, -0.2) is 30.1 Å². The summed E-state index contributed by atoms with van der Waals surface area (Å²) in [4.78, 5) is 18.0. The second-order valence-electron chi connectivity index (χ2n) is 6.99. The van der Waals surface area contributed by atoms with E-state index in [0.29, 0.717) is 31.7 Å². The van der Waals surface area contributed by atoms with Crippen molar-refractivity contribution >= 4 is 23.4 Å². The minimum absolute atomic E-state index is 0.0249. The summed E-state index contributed by atoms with van der Waals surface area (Å²) in [5.41, 5.74) is -0.864. The van der Waals surface area contributed by atoms with Gasteiger partial charge in [0.1, 0.15) is 11.9 Å². The molecule has 1 aliphatic heterocycles. The van der Waals surface area contributed by atoms with Gasteiger partial charge in [0, 0.05) is 19.3 Å². The number of halogens is 4. The highest BCUT2D eigenvalue weighted by atomic mass is 35.5. The number of ether oxygens (including phenoxy) is 1. The van der Waals surface area contributed by atoms with Crippen LogP contribution in [0.4, 0.5) is 19.0 Å². The van der Waals surface area contributed by atoms with E-state index in [-0.39, 0.29) is 23.0 Å². The Morgan fingerprint density at radius 1 is 1.15 bits per heavy atom. The summed E-state index contributed by atoms with van der Waals surface area (Å²) in [6.45, 7) is 1.03. The molecule has 0 atom stereocenters. The number of aromatic nitrogens is 1. The Bertz CT molecular complexity index is 640. The number of alkyl halides is 3. The first-order valence-corrected chi connectivity index (χ1v) is 9.40. The van der Waals surface area contributed by atoms with Crippen LogP contribution in [0.15, 0.2) is 12.3 Å². The number of piperidine rings is 1. The molecule has 1 aromatic rings. The van der Waals surface area contributed by atoms with Gasteiger partial charge in [0.05, 0.1) is 16.5 Å². The van der Waals surface area contributed by atoms with E-state index in [0.717, 1.165) is 37.9 Å². The van der Waals surface area contributed by atoms with Gasteiger partial charge in [0.15, 0.2) is 0 Å². The Hall–Kier alpha value is -1.50. The average Bonchev–Trinajstić information content (AvgIpc) is 2.62. The standard InChI is InChI=1S/C18H22ClF3N2O2/c19-15-10-13(18(20,21)22)11-23-16(15)24-8-6-12(7-9-24)17(25)26-14-4-2-1-3-5-14/h10-12,14H,1-9H2. The van der Waals surface area contributed by atoms with Gasteiger partial charge < -0.3 is 9.64 Å². The lowest BCUT2D eigenvalue weighted by molar-refractivity contribution is -0.156. The van der Waals surface area contributed by atoms with Crippen molar-refractivity contribution in [2.75, 3.05) is 18.0 Å². The molecule has 0 radical (unpaired) electrons. The van der Waals surface area contributed by atoms with Crippen molar-refractivity contribution < 1.29 is 22.7 Å². The van der Waals surface area contributed by atoms with Crippen LogP contribution < -0.4 is 4.90 Å². The fourth-order valence-electron chi connectivity index (χ4n) is 3.59. The van der Waals surface area contributed by atoms with Gasteiger partial charge in [-0.05, 0) is 44.6 Å². The Balaban J connectivity index is 1.55. The number of esters is 1. The van der Waals surface area contributed by atoms with E-state index in [1.807, 2.05) is 4.90 Å². The monoisotopic (exact) mass is 390 g/mol. The Labute approximate surface area is 155 Å². The number of hydrogen-bond acceptors (Lipinski definition) is 4. The number of rotatable bonds is 3. The summed E-state index contributed by atoms with van der Waals surface area (Å²) in [7, 11) is 0. The lowest BCUT2D eigenvalue weighted by atomic mass is 9.95. The topological polar surface area (TPSA) is 42.4 Å². The summed E-state index contributed by atoms with van der Waals surface area (Å²) < 4.78 is 43.8. The van der Waals surface area contributed by atoms with Crippen LogP contribution in [0.5, 0.6) is 0 Å². The van der Waals surface area contributed by atoms with Crippen molar-refractivity contribution in [2.45, 2.75) is 57.2 Å². The van der Waals surface area contributed by atoms with Crippen LogP contribution in [0.25, 0.3) is 0 Å². The van der Waals surface area contributed by atoms with E-state index in [1.165, 1.54) is 6.42 Å². The highest BCUT2D eigenvalue weighted by molar-refractivity contribution is 6.33. The summed E-state index contributed by atoms with van der Waals surface area (Å²) in [6.07, 6.45) is 2.84. The zero-order valence-corrected chi connectivity index (χ0v) is 15.2. The molecule has 1 aromatic heterocycles. The van der Waals surface area contributed by atoms with Gasteiger partial charge in [-0.3, -0.25) is 4.79 Å². The molecule has 0 aromatic carbocycles. The van der Waals surface area contributed by atoms with E-state index in [2.05, 4.69) is 4.98 Å². The van der Waals surface area contributed by atoms with Crippen LogP contribution >= 0.6 is 11.6 Å². The van der Waals surface area contributed by atoms with Crippen molar-refractivity contribution in [1.29, 1.82) is 0 Å². The fraction of sp³-hybridized carbons (Fsp3) is 0.667. The average molecular weight is 391 g/mol. The highest BCUT2D eigenvalue weighted by Gasteiger charge is 2.33.